The van der Waals surface area contributed by atoms with Crippen molar-refractivity contribution in [2.45, 2.75) is 45.1 Å². The smallest absolute Gasteiger partial charge is 0.337 e. The van der Waals surface area contributed by atoms with Gasteiger partial charge in [-0.3, -0.25) is 4.79 Å². The average Bonchev–Trinajstić information content (AvgIpc) is 2.69. The molecule has 156 valence electrons. The van der Waals surface area contributed by atoms with Gasteiger partial charge in [0.15, 0.2) is 17.6 Å². The summed E-state index contributed by atoms with van der Waals surface area (Å²) < 4.78 is 16.3. The third-order valence-corrected chi connectivity index (χ3v) is 4.04. The third kappa shape index (κ3) is 6.50. The number of hydrogen-bond donors (Lipinski definition) is 2. The van der Waals surface area contributed by atoms with E-state index in [1.807, 2.05) is 30.3 Å². The molecule has 0 saturated heterocycles. The number of benzene rings is 2. The molecule has 0 aromatic heterocycles. The molecule has 2 N–H and O–H groups in total. The van der Waals surface area contributed by atoms with E-state index >= 15 is 0 Å². The summed E-state index contributed by atoms with van der Waals surface area (Å²) in [6, 6.07) is 13.4. The normalized spacial score (nSPS) is 13.2. The van der Waals surface area contributed by atoms with Crippen LogP contribution in [0.4, 0.5) is 0 Å². The summed E-state index contributed by atoms with van der Waals surface area (Å²) in [5, 5.41) is 13.0. The van der Waals surface area contributed by atoms with Gasteiger partial charge in [0.05, 0.1) is 18.8 Å². The molecule has 0 fully saturated rings. The first-order valence-corrected chi connectivity index (χ1v) is 9.20. The van der Waals surface area contributed by atoms with Crippen molar-refractivity contribution in [3.63, 3.8) is 0 Å². The summed E-state index contributed by atoms with van der Waals surface area (Å²) in [7, 11) is 1.25. The van der Waals surface area contributed by atoms with Gasteiger partial charge in [-0.05, 0) is 44.0 Å². The Bertz CT molecular complexity index is 816. The lowest BCUT2D eigenvalue weighted by Gasteiger charge is -2.31. The second-order valence-corrected chi connectivity index (χ2v) is 7.44. The number of hydrogen-bond acceptors (Lipinski definition) is 6. The molecule has 0 heterocycles. The molecule has 7 heteroatoms. The first-order chi connectivity index (χ1) is 13.7. The van der Waals surface area contributed by atoms with Crippen molar-refractivity contribution in [2.24, 2.45) is 0 Å². The Hall–Kier alpha value is -3.06. The van der Waals surface area contributed by atoms with E-state index in [2.05, 4.69) is 5.32 Å². The van der Waals surface area contributed by atoms with Crippen LogP contribution in [0.25, 0.3) is 0 Å². The lowest BCUT2D eigenvalue weighted by atomic mass is 9.99. The Morgan fingerprint density at radius 2 is 1.86 bits per heavy atom. The van der Waals surface area contributed by atoms with Gasteiger partial charge in [0.1, 0.15) is 6.61 Å². The maximum absolute atomic E-state index is 12.3. The number of carbonyl (C=O) groups excluding carboxylic acids is 2. The molecule has 2 aromatic rings. The zero-order valence-electron chi connectivity index (χ0n) is 17.0. The van der Waals surface area contributed by atoms with Crippen LogP contribution < -0.4 is 10.1 Å². The van der Waals surface area contributed by atoms with E-state index in [0.29, 0.717) is 18.6 Å². The van der Waals surface area contributed by atoms with E-state index in [0.717, 1.165) is 5.56 Å². The molecule has 2 atom stereocenters. The number of carbonyl (C=O) groups is 2. The monoisotopic (exact) mass is 401 g/mol. The molecular weight excluding hydrogens is 374 g/mol. The van der Waals surface area contributed by atoms with E-state index in [1.165, 1.54) is 13.2 Å². The molecule has 29 heavy (non-hydrogen) atoms. The van der Waals surface area contributed by atoms with Crippen LogP contribution in [0.5, 0.6) is 11.5 Å². The fourth-order valence-electron chi connectivity index (χ4n) is 2.77. The minimum atomic E-state index is -1.10. The molecule has 0 aliphatic rings. The fraction of sp³-hybridized carbons (Fsp3) is 0.364. The van der Waals surface area contributed by atoms with Gasteiger partial charge in [-0.1, -0.05) is 36.4 Å². The van der Waals surface area contributed by atoms with Gasteiger partial charge >= 0.3 is 5.97 Å². The molecule has 0 saturated carbocycles. The quantitative estimate of drug-likeness (QED) is 0.495. The maximum atomic E-state index is 12.3. The van der Waals surface area contributed by atoms with Crippen LogP contribution in [0.2, 0.25) is 0 Å². The van der Waals surface area contributed by atoms with E-state index in [9.17, 15) is 14.7 Å². The van der Waals surface area contributed by atoms with Crippen molar-refractivity contribution in [2.75, 3.05) is 7.11 Å². The van der Waals surface area contributed by atoms with Gasteiger partial charge < -0.3 is 24.6 Å². The minimum Gasteiger partial charge on any atom is -0.504 e. The van der Waals surface area contributed by atoms with Crippen LogP contribution >= 0.6 is 0 Å². The summed E-state index contributed by atoms with van der Waals surface area (Å²) in [6.07, 6.45) is -0.621. The number of phenols is 1. The summed E-state index contributed by atoms with van der Waals surface area (Å²) in [5.74, 6) is -0.465. The number of amides is 1. The van der Waals surface area contributed by atoms with Crippen molar-refractivity contribution >= 4 is 12.4 Å². The SMILES string of the molecule is COC(=O)C(OC(C)(C)C)C(NC=O)c1ccc(OCc2ccccc2)c(O)c1. The van der Waals surface area contributed by atoms with Gasteiger partial charge in [-0.15, -0.1) is 0 Å². The van der Waals surface area contributed by atoms with Gasteiger partial charge in [0, 0.05) is 0 Å². The van der Waals surface area contributed by atoms with E-state index in [1.54, 1.807) is 32.9 Å². The lowest BCUT2D eigenvalue weighted by Crippen LogP contribution is -2.43. The summed E-state index contributed by atoms with van der Waals surface area (Å²) in [6.45, 7) is 5.67. The average molecular weight is 401 g/mol. The molecule has 7 nitrogen and oxygen atoms in total. The van der Waals surface area contributed by atoms with Gasteiger partial charge in [0.25, 0.3) is 0 Å². The third-order valence-electron chi connectivity index (χ3n) is 4.04. The highest BCUT2D eigenvalue weighted by Crippen LogP contribution is 2.32. The van der Waals surface area contributed by atoms with Crippen molar-refractivity contribution < 1.29 is 28.9 Å². The maximum Gasteiger partial charge on any atom is 0.337 e. The predicted molar refractivity (Wildman–Crippen MR) is 107 cm³/mol. The van der Waals surface area contributed by atoms with E-state index in [4.69, 9.17) is 14.2 Å². The summed E-state index contributed by atoms with van der Waals surface area (Å²) in [4.78, 5) is 23.5. The number of nitrogens with one attached hydrogen (secondary N) is 1. The largest absolute Gasteiger partial charge is 0.504 e. The lowest BCUT2D eigenvalue weighted by molar-refractivity contribution is -0.167. The van der Waals surface area contributed by atoms with Crippen LogP contribution in [0.3, 0.4) is 0 Å². The molecular formula is C22H27NO6. The Morgan fingerprint density at radius 3 is 2.41 bits per heavy atom. The van der Waals surface area contributed by atoms with Crippen LogP contribution in [0.1, 0.15) is 37.9 Å². The zero-order valence-corrected chi connectivity index (χ0v) is 17.0. The molecule has 0 radical (unpaired) electrons. The first kappa shape index (κ1) is 22.2. The second-order valence-electron chi connectivity index (χ2n) is 7.44. The number of esters is 1. The fourth-order valence-corrected chi connectivity index (χ4v) is 2.77. The van der Waals surface area contributed by atoms with Crippen LogP contribution in [-0.2, 0) is 25.7 Å². The number of rotatable bonds is 9. The first-order valence-electron chi connectivity index (χ1n) is 9.20. The van der Waals surface area contributed by atoms with Crippen molar-refractivity contribution in [1.82, 2.24) is 5.32 Å². The summed E-state index contributed by atoms with van der Waals surface area (Å²) in [5.41, 5.74) is 0.768. The summed E-state index contributed by atoms with van der Waals surface area (Å²) >= 11 is 0. The number of phenolic OH excluding ortho intramolecular Hbond substituents is 1. The Kier molecular flexibility index (Phi) is 7.61. The highest BCUT2D eigenvalue weighted by molar-refractivity contribution is 5.76. The van der Waals surface area contributed by atoms with Crippen molar-refractivity contribution in [3.8, 4) is 11.5 Å². The minimum absolute atomic E-state index is 0.115. The van der Waals surface area contributed by atoms with Gasteiger partial charge in [0.2, 0.25) is 6.41 Å². The Morgan fingerprint density at radius 1 is 1.17 bits per heavy atom. The van der Waals surface area contributed by atoms with E-state index in [-0.39, 0.29) is 11.5 Å². The Balaban J connectivity index is 2.26. The molecule has 2 aromatic carbocycles. The molecule has 1 amide bonds. The molecule has 0 aliphatic heterocycles. The highest BCUT2D eigenvalue weighted by atomic mass is 16.6. The van der Waals surface area contributed by atoms with Gasteiger partial charge in [-0.2, -0.15) is 0 Å². The van der Waals surface area contributed by atoms with Crippen LogP contribution in [-0.4, -0.2) is 36.3 Å². The van der Waals surface area contributed by atoms with Gasteiger partial charge in [-0.25, -0.2) is 4.79 Å². The highest BCUT2D eigenvalue weighted by Gasteiger charge is 2.35. The molecule has 2 rings (SSSR count). The van der Waals surface area contributed by atoms with E-state index < -0.39 is 23.7 Å². The standard InChI is InChI=1S/C22H27NO6/c1-22(2,3)29-20(21(26)27-4)19(23-14-24)16-10-11-18(17(25)12-16)28-13-15-8-6-5-7-9-15/h5-12,14,19-20,25H,13H2,1-4H3,(H,23,24). The predicted octanol–water partition coefficient (Wildman–Crippen LogP) is 3.12. The molecule has 0 bridgehead atoms. The number of methoxy groups -OCH3 is 1. The second kappa shape index (κ2) is 9.93. The topological polar surface area (TPSA) is 94.1 Å². The molecule has 0 aliphatic carbocycles. The number of aromatic hydroxyl groups is 1. The Labute approximate surface area is 170 Å². The molecule has 2 unspecified atom stereocenters. The van der Waals surface area contributed by atoms with Crippen molar-refractivity contribution in [1.29, 1.82) is 0 Å². The number of ether oxygens (including phenoxy) is 3. The van der Waals surface area contributed by atoms with Crippen LogP contribution in [0, 0.1) is 0 Å². The zero-order chi connectivity index (χ0) is 21.4. The molecule has 0 spiro atoms. The van der Waals surface area contributed by atoms with Crippen LogP contribution in [0.15, 0.2) is 48.5 Å². The van der Waals surface area contributed by atoms with Crippen molar-refractivity contribution in [3.05, 3.63) is 59.7 Å².